The molecule has 0 aliphatic carbocycles. The summed E-state index contributed by atoms with van der Waals surface area (Å²) in [4.78, 5) is 24.0. The van der Waals surface area contributed by atoms with E-state index in [0.717, 1.165) is 6.20 Å². The fourth-order valence-electron chi connectivity index (χ4n) is 1.50. The number of esters is 1. The van der Waals surface area contributed by atoms with Gasteiger partial charge >= 0.3 is 5.97 Å². The van der Waals surface area contributed by atoms with Gasteiger partial charge in [-0.25, -0.2) is 27.4 Å². The van der Waals surface area contributed by atoms with E-state index in [9.17, 15) is 27.2 Å². The summed E-state index contributed by atoms with van der Waals surface area (Å²) in [6.45, 7) is 1.39. The molecular formula is C14H14F4N2O3. The summed E-state index contributed by atoms with van der Waals surface area (Å²) in [5.74, 6) is -10.3. The van der Waals surface area contributed by atoms with Gasteiger partial charge in [0.1, 0.15) is 5.57 Å². The summed E-state index contributed by atoms with van der Waals surface area (Å²) in [6, 6.07) is 0.179. The maximum atomic E-state index is 13.7. The van der Waals surface area contributed by atoms with Crippen molar-refractivity contribution >= 4 is 11.8 Å². The Labute approximate surface area is 129 Å². The van der Waals surface area contributed by atoms with E-state index in [-0.39, 0.29) is 12.7 Å². The summed E-state index contributed by atoms with van der Waals surface area (Å²) in [7, 11) is 3.06. The molecule has 0 fully saturated rings. The Kier molecular flexibility index (Phi) is 6.26. The standard InChI is InChI=1S/C14H14F4N2O3/c1-4-23-14(22)8(6-19-20(2)3)13(21)7-5-9(15)11(17)12(18)10(7)16/h5-6,19H,4H2,1-3H3/b8-6-. The molecule has 0 aliphatic rings. The van der Waals surface area contributed by atoms with E-state index in [4.69, 9.17) is 0 Å². The second-order valence-corrected chi connectivity index (χ2v) is 4.48. The third-order valence-corrected chi connectivity index (χ3v) is 2.55. The van der Waals surface area contributed by atoms with Crippen LogP contribution in [-0.4, -0.2) is 37.5 Å². The molecule has 0 atom stereocenters. The summed E-state index contributed by atoms with van der Waals surface area (Å²) >= 11 is 0. The Morgan fingerprint density at radius 1 is 1.17 bits per heavy atom. The van der Waals surface area contributed by atoms with Crippen molar-refractivity contribution in [1.29, 1.82) is 0 Å². The van der Waals surface area contributed by atoms with Gasteiger partial charge in [-0.05, 0) is 13.0 Å². The maximum Gasteiger partial charge on any atom is 0.343 e. The van der Waals surface area contributed by atoms with Crippen LogP contribution in [0.3, 0.4) is 0 Å². The van der Waals surface area contributed by atoms with Crippen LogP contribution in [0.1, 0.15) is 17.3 Å². The molecule has 0 unspecified atom stereocenters. The fourth-order valence-corrected chi connectivity index (χ4v) is 1.50. The quantitative estimate of drug-likeness (QED) is 0.0992. The Morgan fingerprint density at radius 2 is 1.78 bits per heavy atom. The van der Waals surface area contributed by atoms with Crippen molar-refractivity contribution < 1.29 is 31.9 Å². The van der Waals surface area contributed by atoms with Crippen molar-refractivity contribution in [2.75, 3.05) is 20.7 Å². The molecule has 1 N–H and O–H groups in total. The van der Waals surface area contributed by atoms with E-state index < -0.39 is 46.2 Å². The molecule has 1 aromatic rings. The van der Waals surface area contributed by atoms with Crippen LogP contribution in [0.5, 0.6) is 0 Å². The number of carbonyl (C=O) groups is 2. The van der Waals surface area contributed by atoms with Crippen LogP contribution in [0, 0.1) is 23.3 Å². The van der Waals surface area contributed by atoms with Crippen LogP contribution in [-0.2, 0) is 9.53 Å². The molecule has 1 aromatic carbocycles. The Morgan fingerprint density at radius 3 is 2.30 bits per heavy atom. The van der Waals surface area contributed by atoms with Crippen LogP contribution in [0.2, 0.25) is 0 Å². The molecule has 0 spiro atoms. The van der Waals surface area contributed by atoms with Crippen LogP contribution in [0.4, 0.5) is 17.6 Å². The second-order valence-electron chi connectivity index (χ2n) is 4.48. The first kappa shape index (κ1) is 18.6. The number of nitrogens with one attached hydrogen (secondary N) is 1. The number of carbonyl (C=O) groups excluding carboxylic acids is 2. The SMILES string of the molecule is CCOC(=O)/C(=C\NN(C)C)C(=O)c1cc(F)c(F)c(F)c1F. The lowest BCUT2D eigenvalue weighted by Crippen LogP contribution is -2.28. The number of ether oxygens (including phenoxy) is 1. The first-order chi connectivity index (χ1) is 10.7. The van der Waals surface area contributed by atoms with E-state index in [1.165, 1.54) is 26.0 Å². The molecule has 23 heavy (non-hydrogen) atoms. The molecule has 0 bridgehead atoms. The minimum Gasteiger partial charge on any atom is -0.462 e. The highest BCUT2D eigenvalue weighted by atomic mass is 19.2. The molecule has 0 saturated carbocycles. The summed E-state index contributed by atoms with van der Waals surface area (Å²) < 4.78 is 57.7. The zero-order valence-electron chi connectivity index (χ0n) is 12.5. The van der Waals surface area contributed by atoms with E-state index in [2.05, 4.69) is 10.2 Å². The summed E-state index contributed by atoms with van der Waals surface area (Å²) in [5.41, 5.74) is 0.634. The minimum atomic E-state index is -2.14. The van der Waals surface area contributed by atoms with Crippen molar-refractivity contribution in [1.82, 2.24) is 10.4 Å². The highest BCUT2D eigenvalue weighted by Crippen LogP contribution is 2.21. The molecular weight excluding hydrogens is 320 g/mol. The molecule has 0 aromatic heterocycles. The van der Waals surface area contributed by atoms with Gasteiger partial charge in [-0.3, -0.25) is 4.79 Å². The lowest BCUT2D eigenvalue weighted by Gasteiger charge is -2.12. The molecule has 0 amide bonds. The van der Waals surface area contributed by atoms with E-state index >= 15 is 0 Å². The molecule has 0 radical (unpaired) electrons. The molecule has 0 aliphatic heterocycles. The Hall–Kier alpha value is -2.42. The molecule has 126 valence electrons. The molecule has 1 rings (SSSR count). The number of halogens is 4. The predicted octanol–water partition coefficient (Wildman–Crippen LogP) is 1.94. The van der Waals surface area contributed by atoms with Gasteiger partial charge in [0, 0.05) is 20.3 Å². The number of hydrogen-bond acceptors (Lipinski definition) is 5. The molecule has 0 heterocycles. The smallest absolute Gasteiger partial charge is 0.343 e. The van der Waals surface area contributed by atoms with Crippen molar-refractivity contribution in [3.05, 3.63) is 46.7 Å². The number of Topliss-reactive ketones (excluding diaryl/α,β-unsaturated/α-hetero) is 1. The second kappa shape index (κ2) is 7.73. The highest BCUT2D eigenvalue weighted by Gasteiger charge is 2.28. The average Bonchev–Trinajstić information content (AvgIpc) is 2.48. The maximum absolute atomic E-state index is 13.7. The lowest BCUT2D eigenvalue weighted by atomic mass is 10.0. The van der Waals surface area contributed by atoms with Crippen molar-refractivity contribution in [2.45, 2.75) is 6.92 Å². The average molecular weight is 334 g/mol. The first-order valence-electron chi connectivity index (χ1n) is 6.39. The molecule has 9 heteroatoms. The van der Waals surface area contributed by atoms with Crippen molar-refractivity contribution in [3.8, 4) is 0 Å². The number of benzene rings is 1. The number of rotatable bonds is 6. The zero-order chi connectivity index (χ0) is 17.7. The van der Waals surface area contributed by atoms with Crippen molar-refractivity contribution in [2.24, 2.45) is 0 Å². The van der Waals surface area contributed by atoms with Crippen molar-refractivity contribution in [3.63, 3.8) is 0 Å². The van der Waals surface area contributed by atoms with E-state index in [1.807, 2.05) is 0 Å². The van der Waals surface area contributed by atoms with Gasteiger partial charge in [0.15, 0.2) is 23.3 Å². The van der Waals surface area contributed by atoms with Crippen LogP contribution >= 0.6 is 0 Å². The van der Waals surface area contributed by atoms with Gasteiger partial charge in [0.25, 0.3) is 0 Å². The largest absolute Gasteiger partial charge is 0.462 e. The minimum absolute atomic E-state index is 0.0833. The van der Waals surface area contributed by atoms with Gasteiger partial charge in [-0.15, -0.1) is 0 Å². The van der Waals surface area contributed by atoms with Crippen LogP contribution in [0.15, 0.2) is 17.8 Å². The zero-order valence-corrected chi connectivity index (χ0v) is 12.5. The number of hydrogen-bond donors (Lipinski definition) is 1. The normalized spacial score (nSPS) is 11.6. The van der Waals surface area contributed by atoms with Gasteiger partial charge in [0.2, 0.25) is 5.78 Å². The predicted molar refractivity (Wildman–Crippen MR) is 72.1 cm³/mol. The number of hydrazine groups is 1. The third-order valence-electron chi connectivity index (χ3n) is 2.55. The Bertz CT molecular complexity index is 660. The summed E-state index contributed by atoms with van der Waals surface area (Å²) in [6.07, 6.45) is 0.888. The third kappa shape index (κ3) is 4.28. The summed E-state index contributed by atoms with van der Waals surface area (Å²) in [5, 5.41) is 1.34. The van der Waals surface area contributed by atoms with E-state index in [1.54, 1.807) is 0 Å². The molecule has 5 nitrogen and oxygen atoms in total. The number of ketones is 1. The first-order valence-corrected chi connectivity index (χ1v) is 6.39. The van der Waals surface area contributed by atoms with Gasteiger partial charge in [-0.1, -0.05) is 0 Å². The van der Waals surface area contributed by atoms with Gasteiger partial charge in [-0.2, -0.15) is 0 Å². The van der Waals surface area contributed by atoms with Crippen LogP contribution in [0.25, 0.3) is 0 Å². The Balaban J connectivity index is 3.35. The van der Waals surface area contributed by atoms with E-state index in [0.29, 0.717) is 0 Å². The van der Waals surface area contributed by atoms with Crippen LogP contribution < -0.4 is 5.43 Å². The topological polar surface area (TPSA) is 58.6 Å². The number of nitrogens with zero attached hydrogens (tertiary/aromatic N) is 1. The monoisotopic (exact) mass is 334 g/mol. The molecule has 0 saturated heterocycles. The lowest BCUT2D eigenvalue weighted by molar-refractivity contribution is -0.138. The fraction of sp³-hybridized carbons (Fsp3) is 0.286. The van der Waals surface area contributed by atoms with Gasteiger partial charge in [0.05, 0.1) is 12.2 Å². The highest BCUT2D eigenvalue weighted by molar-refractivity contribution is 6.24. The van der Waals surface area contributed by atoms with Gasteiger partial charge < -0.3 is 10.2 Å².